The Balaban J connectivity index is 1.48. The topological polar surface area (TPSA) is 189 Å². The Morgan fingerprint density at radius 2 is 2.11 bits per heavy atom. The van der Waals surface area contributed by atoms with E-state index in [1.54, 1.807) is 13.2 Å². The summed E-state index contributed by atoms with van der Waals surface area (Å²) in [6.07, 6.45) is 3.57. The van der Waals surface area contributed by atoms with Crippen LogP contribution in [-0.4, -0.2) is 43.2 Å². The van der Waals surface area contributed by atoms with Gasteiger partial charge in [0.25, 0.3) is 11.6 Å². The van der Waals surface area contributed by atoms with Crippen molar-refractivity contribution in [3.05, 3.63) is 75.5 Å². The number of hydrogen-bond acceptors (Lipinski definition) is 11. The number of nitrogens with one attached hydrogen (secondary N) is 2. The van der Waals surface area contributed by atoms with Gasteiger partial charge in [-0.1, -0.05) is 23.4 Å². The van der Waals surface area contributed by atoms with Crippen molar-refractivity contribution in [3.63, 3.8) is 0 Å². The Kier molecular flexibility index (Phi) is 5.74. The molecular weight excluding hydrogens is 470 g/mol. The van der Waals surface area contributed by atoms with Crippen LogP contribution in [0.2, 0.25) is 0 Å². The number of carbonyl (C=O) groups is 1. The molecule has 182 valence electrons. The fourth-order valence-corrected chi connectivity index (χ4v) is 3.90. The number of amides is 1. The zero-order chi connectivity index (χ0) is 25.2. The van der Waals surface area contributed by atoms with Crippen LogP contribution in [0.1, 0.15) is 28.0 Å². The molecule has 1 aliphatic rings. The van der Waals surface area contributed by atoms with Gasteiger partial charge in [-0.15, -0.1) is 5.10 Å². The number of hydrazine groups is 1. The molecule has 1 amide bonds. The summed E-state index contributed by atoms with van der Waals surface area (Å²) in [6, 6.07) is 11.4. The second-order valence-corrected chi connectivity index (χ2v) is 7.74. The highest BCUT2D eigenvalue weighted by atomic mass is 16.6. The molecule has 4 aromatic rings. The molecule has 0 aliphatic heterocycles. The van der Waals surface area contributed by atoms with Gasteiger partial charge in [0.05, 0.1) is 17.7 Å². The van der Waals surface area contributed by atoms with Gasteiger partial charge in [0.15, 0.2) is 5.69 Å². The number of methoxy groups -OCH3 is 1. The third kappa shape index (κ3) is 4.06. The summed E-state index contributed by atoms with van der Waals surface area (Å²) in [7, 11) is 1.61. The van der Waals surface area contributed by atoms with Gasteiger partial charge in [0.1, 0.15) is 11.4 Å². The number of fused-ring (bicyclic) bond motifs is 1. The largest absolute Gasteiger partial charge is 0.497 e. The Morgan fingerprint density at radius 1 is 1.25 bits per heavy atom. The van der Waals surface area contributed by atoms with Crippen LogP contribution in [0.3, 0.4) is 0 Å². The molecule has 0 fully saturated rings. The quantitative estimate of drug-likeness (QED) is 0.254. The van der Waals surface area contributed by atoms with Gasteiger partial charge in [-0.3, -0.25) is 25.8 Å². The number of non-ortho nitro benzene ring substituents is 1. The molecule has 2 heterocycles. The molecule has 1 aliphatic carbocycles. The maximum Gasteiger partial charge on any atom is 0.292 e. The third-order valence-electron chi connectivity index (χ3n) is 5.59. The minimum atomic E-state index is -0.640. The van der Waals surface area contributed by atoms with Crippen molar-refractivity contribution in [2.24, 2.45) is 0 Å². The highest BCUT2D eigenvalue weighted by molar-refractivity contribution is 5.98. The molecule has 0 radical (unpaired) electrons. The number of nitrogen functional groups attached to an aromatic ring is 1. The first kappa shape index (κ1) is 22.5. The highest BCUT2D eigenvalue weighted by Gasteiger charge is 2.26. The van der Waals surface area contributed by atoms with Gasteiger partial charge in [-0.05, 0) is 46.9 Å². The van der Waals surface area contributed by atoms with Crippen LogP contribution in [-0.2, 0) is 6.42 Å². The second kappa shape index (κ2) is 9.17. The predicted molar refractivity (Wildman–Crippen MR) is 126 cm³/mol. The number of ether oxygens (including phenoxy) is 1. The van der Waals surface area contributed by atoms with E-state index in [4.69, 9.17) is 10.5 Å². The smallest absolute Gasteiger partial charge is 0.292 e. The van der Waals surface area contributed by atoms with Crippen LogP contribution in [0.25, 0.3) is 22.8 Å². The van der Waals surface area contributed by atoms with Gasteiger partial charge >= 0.3 is 0 Å². The molecule has 4 N–H and O–H groups in total. The number of nitrogens with zero attached hydrogens (tertiary/aromatic N) is 6. The van der Waals surface area contributed by atoms with Crippen molar-refractivity contribution >= 4 is 23.1 Å². The molecule has 0 atom stereocenters. The van der Waals surface area contributed by atoms with Crippen LogP contribution in [0, 0.1) is 10.1 Å². The van der Waals surface area contributed by atoms with Crippen molar-refractivity contribution in [3.8, 4) is 22.8 Å². The summed E-state index contributed by atoms with van der Waals surface area (Å²) >= 11 is 0. The van der Waals surface area contributed by atoms with Crippen LogP contribution < -0.4 is 21.3 Å². The number of allylic oxidation sites excluding steroid dienone is 1. The fraction of sp³-hybridized carbons (Fsp3) is 0.136. The van der Waals surface area contributed by atoms with Gasteiger partial charge in [0, 0.05) is 23.3 Å². The van der Waals surface area contributed by atoms with E-state index >= 15 is 0 Å². The molecule has 0 saturated heterocycles. The molecule has 0 bridgehead atoms. The average Bonchev–Trinajstić information content (AvgIpc) is 3.52. The summed E-state index contributed by atoms with van der Waals surface area (Å²) in [5.74, 6) is -0.0110. The number of rotatable bonds is 7. The fourth-order valence-electron chi connectivity index (χ4n) is 3.90. The molecule has 0 spiro atoms. The number of aryl methyl sites for hydroxylation is 1. The lowest BCUT2D eigenvalue weighted by Crippen LogP contribution is -2.37. The predicted octanol–water partition coefficient (Wildman–Crippen LogP) is 2.04. The average molecular weight is 489 g/mol. The van der Waals surface area contributed by atoms with Crippen molar-refractivity contribution in [1.29, 1.82) is 0 Å². The number of nitro benzene ring substituents is 1. The van der Waals surface area contributed by atoms with Gasteiger partial charge in [-0.25, -0.2) is 4.63 Å². The Bertz CT molecular complexity index is 1510. The minimum Gasteiger partial charge on any atom is -0.497 e. The number of nitro groups is 1. The summed E-state index contributed by atoms with van der Waals surface area (Å²) in [6.45, 7) is 0. The van der Waals surface area contributed by atoms with Gasteiger partial charge in [0.2, 0.25) is 11.6 Å². The minimum absolute atomic E-state index is 0.0196. The molecule has 14 heteroatoms. The van der Waals surface area contributed by atoms with E-state index in [-0.39, 0.29) is 34.3 Å². The molecule has 36 heavy (non-hydrogen) atoms. The van der Waals surface area contributed by atoms with Crippen molar-refractivity contribution in [1.82, 2.24) is 36.2 Å². The zero-order valence-electron chi connectivity index (χ0n) is 18.8. The molecule has 5 rings (SSSR count). The third-order valence-corrected chi connectivity index (χ3v) is 5.59. The molecule has 0 unspecified atom stereocenters. The standard InChI is InChI=1S/C22H19N9O5/c1-35-15-8-9-16-12(11-15)4-3-7-17(16)24-26-22(32)18-19(13-5-2-6-14(10-13)31(33)34)30(29-25-18)21-20(23)27-36-28-21/h2,5-11,24H,3-4H2,1H3,(H2,23,27)(H,26,32). The lowest BCUT2D eigenvalue weighted by atomic mass is 9.95. The normalized spacial score (nSPS) is 12.4. The summed E-state index contributed by atoms with van der Waals surface area (Å²) in [5.41, 5.74) is 14.2. The number of carbonyl (C=O) groups excluding carboxylic acids is 1. The Morgan fingerprint density at radius 3 is 2.86 bits per heavy atom. The number of nitrogens with two attached hydrogens (primary N) is 1. The molecular formula is C22H19N9O5. The van der Waals surface area contributed by atoms with E-state index in [1.165, 1.54) is 18.2 Å². The van der Waals surface area contributed by atoms with Crippen molar-refractivity contribution < 1.29 is 19.1 Å². The first-order chi connectivity index (χ1) is 17.5. The SMILES string of the molecule is COc1ccc2c(c1)CCC=C2NNC(=O)c1nnn(-c2nonc2N)c1-c1cccc([N+](=O)[O-])c1. The summed E-state index contributed by atoms with van der Waals surface area (Å²) < 4.78 is 11.1. The lowest BCUT2D eigenvalue weighted by Gasteiger charge is -2.20. The maximum atomic E-state index is 13.2. The van der Waals surface area contributed by atoms with E-state index in [0.29, 0.717) is 5.70 Å². The van der Waals surface area contributed by atoms with E-state index < -0.39 is 10.8 Å². The van der Waals surface area contributed by atoms with E-state index in [9.17, 15) is 14.9 Å². The van der Waals surface area contributed by atoms with Gasteiger partial charge in [-0.2, -0.15) is 4.68 Å². The monoisotopic (exact) mass is 489 g/mol. The lowest BCUT2D eigenvalue weighted by molar-refractivity contribution is -0.384. The number of hydrogen-bond donors (Lipinski definition) is 3. The number of aromatic nitrogens is 5. The Hall–Kier alpha value is -5.27. The van der Waals surface area contributed by atoms with Crippen LogP contribution in [0.5, 0.6) is 5.75 Å². The summed E-state index contributed by atoms with van der Waals surface area (Å²) in [4.78, 5) is 24.0. The van der Waals surface area contributed by atoms with E-state index in [2.05, 4.69) is 36.1 Å². The molecule has 2 aromatic heterocycles. The van der Waals surface area contributed by atoms with E-state index in [0.717, 1.165) is 34.4 Å². The van der Waals surface area contributed by atoms with Crippen molar-refractivity contribution in [2.75, 3.05) is 12.8 Å². The van der Waals surface area contributed by atoms with Crippen LogP contribution in [0.15, 0.2) is 53.2 Å². The summed E-state index contributed by atoms with van der Waals surface area (Å²) in [5, 5.41) is 26.5. The molecule has 0 saturated carbocycles. The van der Waals surface area contributed by atoms with Crippen molar-refractivity contribution in [2.45, 2.75) is 12.8 Å². The van der Waals surface area contributed by atoms with Crippen LogP contribution >= 0.6 is 0 Å². The van der Waals surface area contributed by atoms with Gasteiger partial charge < -0.3 is 10.5 Å². The maximum absolute atomic E-state index is 13.2. The van der Waals surface area contributed by atoms with E-state index in [1.807, 2.05) is 24.3 Å². The Labute approximate surface area is 202 Å². The first-order valence-electron chi connectivity index (χ1n) is 10.7. The highest BCUT2D eigenvalue weighted by Crippen LogP contribution is 2.30. The molecule has 14 nitrogen and oxygen atoms in total. The number of benzene rings is 2. The van der Waals surface area contributed by atoms with Crippen LogP contribution in [0.4, 0.5) is 11.5 Å². The first-order valence-corrected chi connectivity index (χ1v) is 10.7. The zero-order valence-corrected chi connectivity index (χ0v) is 18.8. The second-order valence-electron chi connectivity index (χ2n) is 7.74. The number of anilines is 1. The molecule has 2 aromatic carbocycles.